The van der Waals surface area contributed by atoms with Gasteiger partial charge in [0.15, 0.2) is 0 Å². The first-order chi connectivity index (χ1) is 7.24. The lowest BCUT2D eigenvalue weighted by Gasteiger charge is -2.29. The standard InChI is InChI=1S/C10H22Cl2O2Si/c1-3-7-13-15(9-5-11,10-6-12)14-8-4-2/h3-10H2,1-2H3. The van der Waals surface area contributed by atoms with Gasteiger partial charge in [0, 0.05) is 37.1 Å². The van der Waals surface area contributed by atoms with E-state index in [1.54, 1.807) is 0 Å². The molecule has 2 nitrogen and oxygen atoms in total. The summed E-state index contributed by atoms with van der Waals surface area (Å²) in [6.45, 7) is 5.70. The second kappa shape index (κ2) is 9.91. The molecule has 0 aliphatic carbocycles. The molecule has 0 aromatic heterocycles. The molecule has 0 rings (SSSR count). The Kier molecular flexibility index (Phi) is 10.4. The highest BCUT2D eigenvalue weighted by atomic mass is 35.5. The summed E-state index contributed by atoms with van der Waals surface area (Å²) in [6.07, 6.45) is 2.02. The second-order valence-corrected chi connectivity index (χ2v) is 7.64. The maximum absolute atomic E-state index is 5.91. The van der Waals surface area contributed by atoms with Crippen LogP contribution in [0.1, 0.15) is 26.7 Å². The Bertz CT molecular complexity index is 131. The van der Waals surface area contributed by atoms with E-state index in [1.165, 1.54) is 0 Å². The van der Waals surface area contributed by atoms with Crippen LogP contribution >= 0.6 is 23.2 Å². The van der Waals surface area contributed by atoms with Gasteiger partial charge in [-0.05, 0) is 12.8 Å². The number of halogens is 2. The van der Waals surface area contributed by atoms with Gasteiger partial charge >= 0.3 is 8.56 Å². The fourth-order valence-corrected chi connectivity index (χ4v) is 5.69. The second-order valence-electron chi connectivity index (χ2n) is 3.49. The van der Waals surface area contributed by atoms with Gasteiger partial charge in [0.25, 0.3) is 0 Å². The zero-order valence-electron chi connectivity index (χ0n) is 9.73. The summed E-state index contributed by atoms with van der Waals surface area (Å²) in [7, 11) is -2.10. The van der Waals surface area contributed by atoms with Gasteiger partial charge in [-0.3, -0.25) is 0 Å². The van der Waals surface area contributed by atoms with Crippen molar-refractivity contribution in [2.45, 2.75) is 38.8 Å². The quantitative estimate of drug-likeness (QED) is 0.445. The Labute approximate surface area is 104 Å². The minimum atomic E-state index is -2.10. The number of hydrogen-bond acceptors (Lipinski definition) is 2. The molecule has 0 aromatic carbocycles. The van der Waals surface area contributed by atoms with Gasteiger partial charge in [0.2, 0.25) is 0 Å². The topological polar surface area (TPSA) is 18.5 Å². The highest BCUT2D eigenvalue weighted by molar-refractivity contribution is 6.68. The van der Waals surface area contributed by atoms with Crippen LogP contribution in [0.2, 0.25) is 12.1 Å². The summed E-state index contributed by atoms with van der Waals surface area (Å²) < 4.78 is 11.8. The molecular weight excluding hydrogens is 251 g/mol. The molecule has 0 aliphatic rings. The molecule has 92 valence electrons. The molecule has 0 saturated carbocycles. The summed E-state index contributed by atoms with van der Waals surface area (Å²) in [5.74, 6) is 1.19. The van der Waals surface area contributed by atoms with Crippen LogP contribution < -0.4 is 0 Å². The molecule has 0 aromatic rings. The molecule has 0 heterocycles. The molecule has 0 atom stereocenters. The van der Waals surface area contributed by atoms with Crippen LogP contribution in [0.15, 0.2) is 0 Å². The Morgan fingerprint density at radius 1 is 0.867 bits per heavy atom. The average Bonchev–Trinajstić information content (AvgIpc) is 2.24. The highest BCUT2D eigenvalue weighted by Crippen LogP contribution is 2.21. The van der Waals surface area contributed by atoms with E-state index in [2.05, 4.69) is 13.8 Å². The Balaban J connectivity index is 4.26. The molecule has 0 fully saturated rings. The van der Waals surface area contributed by atoms with Crippen LogP contribution in [0, 0.1) is 0 Å². The van der Waals surface area contributed by atoms with E-state index in [1.807, 2.05) is 0 Å². The summed E-state index contributed by atoms with van der Waals surface area (Å²) in [4.78, 5) is 0. The van der Waals surface area contributed by atoms with Crippen LogP contribution in [0.3, 0.4) is 0 Å². The van der Waals surface area contributed by atoms with Gasteiger partial charge in [-0.1, -0.05) is 13.8 Å². The van der Waals surface area contributed by atoms with Gasteiger partial charge in [0.05, 0.1) is 0 Å². The predicted molar refractivity (Wildman–Crippen MR) is 69.3 cm³/mol. The monoisotopic (exact) mass is 272 g/mol. The van der Waals surface area contributed by atoms with E-state index in [-0.39, 0.29) is 0 Å². The van der Waals surface area contributed by atoms with E-state index < -0.39 is 8.56 Å². The van der Waals surface area contributed by atoms with Crippen molar-refractivity contribution in [3.05, 3.63) is 0 Å². The normalized spacial score (nSPS) is 12.0. The third kappa shape index (κ3) is 6.79. The Morgan fingerprint density at radius 3 is 1.53 bits per heavy atom. The molecule has 0 aliphatic heterocycles. The number of rotatable bonds is 10. The molecule has 0 amide bonds. The minimum Gasteiger partial charge on any atom is -0.394 e. The molecule has 0 saturated heterocycles. The number of hydrogen-bond donors (Lipinski definition) is 0. The number of alkyl halides is 2. The van der Waals surface area contributed by atoms with Crippen molar-refractivity contribution in [2.24, 2.45) is 0 Å². The summed E-state index contributed by atoms with van der Waals surface area (Å²) in [5, 5.41) is 0. The lowest BCUT2D eigenvalue weighted by Crippen LogP contribution is -2.43. The molecule has 0 N–H and O–H groups in total. The first kappa shape index (κ1) is 15.7. The van der Waals surface area contributed by atoms with Crippen molar-refractivity contribution in [2.75, 3.05) is 25.0 Å². The van der Waals surface area contributed by atoms with Crippen molar-refractivity contribution in [3.63, 3.8) is 0 Å². The Hall–Kier alpha value is 0.717. The minimum absolute atomic E-state index is 0.594. The van der Waals surface area contributed by atoms with E-state index in [9.17, 15) is 0 Å². The van der Waals surface area contributed by atoms with Crippen LogP contribution in [0.4, 0.5) is 0 Å². The SMILES string of the molecule is CCCO[Si](CCCl)(CCCl)OCCC. The van der Waals surface area contributed by atoms with Gasteiger partial charge in [-0.2, -0.15) is 0 Å². The van der Waals surface area contributed by atoms with Crippen molar-refractivity contribution in [1.82, 2.24) is 0 Å². The molecule has 0 spiro atoms. The summed E-state index contributed by atoms with van der Waals surface area (Å²) in [6, 6.07) is 1.67. The van der Waals surface area contributed by atoms with Gasteiger partial charge < -0.3 is 8.85 Å². The van der Waals surface area contributed by atoms with E-state index >= 15 is 0 Å². The highest BCUT2D eigenvalue weighted by Gasteiger charge is 2.36. The molecule has 0 radical (unpaired) electrons. The molecule has 0 bridgehead atoms. The maximum atomic E-state index is 5.91. The fourth-order valence-electron chi connectivity index (χ4n) is 1.32. The zero-order chi connectivity index (χ0) is 11.6. The lowest BCUT2D eigenvalue weighted by molar-refractivity contribution is 0.169. The van der Waals surface area contributed by atoms with Crippen molar-refractivity contribution in [3.8, 4) is 0 Å². The smallest absolute Gasteiger partial charge is 0.340 e. The summed E-state index contributed by atoms with van der Waals surface area (Å²) >= 11 is 11.6. The van der Waals surface area contributed by atoms with Crippen molar-refractivity contribution < 1.29 is 8.85 Å². The van der Waals surface area contributed by atoms with Crippen molar-refractivity contribution >= 4 is 31.8 Å². The van der Waals surface area contributed by atoms with E-state index in [0.29, 0.717) is 11.8 Å². The maximum Gasteiger partial charge on any atom is 0.340 e. The van der Waals surface area contributed by atoms with E-state index in [4.69, 9.17) is 32.1 Å². The first-order valence-corrected chi connectivity index (χ1v) is 8.94. The van der Waals surface area contributed by atoms with Crippen LogP contribution in [-0.4, -0.2) is 33.5 Å². The fraction of sp³-hybridized carbons (Fsp3) is 1.00. The first-order valence-electron chi connectivity index (χ1n) is 5.64. The third-order valence-electron chi connectivity index (χ3n) is 2.09. The van der Waals surface area contributed by atoms with Crippen LogP contribution in [0.25, 0.3) is 0 Å². The molecule has 5 heteroatoms. The Morgan fingerprint density at radius 2 is 1.27 bits per heavy atom. The summed E-state index contributed by atoms with van der Waals surface area (Å²) in [5.41, 5.74) is 0. The lowest BCUT2D eigenvalue weighted by atomic mass is 10.5. The molecular formula is C10H22Cl2O2Si. The average molecular weight is 273 g/mol. The van der Waals surface area contributed by atoms with Gasteiger partial charge in [-0.15, -0.1) is 23.2 Å². The third-order valence-corrected chi connectivity index (χ3v) is 6.59. The largest absolute Gasteiger partial charge is 0.394 e. The van der Waals surface area contributed by atoms with Crippen LogP contribution in [-0.2, 0) is 8.85 Å². The zero-order valence-corrected chi connectivity index (χ0v) is 12.2. The van der Waals surface area contributed by atoms with Crippen molar-refractivity contribution in [1.29, 1.82) is 0 Å². The van der Waals surface area contributed by atoms with Crippen LogP contribution in [0.5, 0.6) is 0 Å². The predicted octanol–water partition coefficient (Wildman–Crippen LogP) is 3.76. The van der Waals surface area contributed by atoms with E-state index in [0.717, 1.165) is 38.1 Å². The van der Waals surface area contributed by atoms with Gasteiger partial charge in [-0.25, -0.2) is 0 Å². The van der Waals surface area contributed by atoms with Gasteiger partial charge in [0.1, 0.15) is 0 Å². The molecule has 15 heavy (non-hydrogen) atoms. The molecule has 0 unspecified atom stereocenters.